The number of carbonyl (C=O) groups is 1. The second-order valence-corrected chi connectivity index (χ2v) is 3.93. The van der Waals surface area contributed by atoms with Crippen LogP contribution in [0.1, 0.15) is 10.5 Å². The SMILES string of the molecule is COC(=O)c1nn(-c2ccnc(OC)c2)nc1Br. The minimum atomic E-state index is -0.561. The number of hydrogen-bond donors (Lipinski definition) is 0. The Balaban J connectivity index is 2.42. The molecule has 18 heavy (non-hydrogen) atoms. The van der Waals surface area contributed by atoms with Gasteiger partial charge in [0.2, 0.25) is 11.6 Å². The Labute approximate surface area is 111 Å². The number of methoxy groups -OCH3 is 2. The van der Waals surface area contributed by atoms with E-state index < -0.39 is 5.97 Å². The molecule has 2 aromatic rings. The van der Waals surface area contributed by atoms with Gasteiger partial charge in [0.05, 0.1) is 19.9 Å². The van der Waals surface area contributed by atoms with Gasteiger partial charge in [0.25, 0.3) is 0 Å². The van der Waals surface area contributed by atoms with Gasteiger partial charge in [0.1, 0.15) is 0 Å². The van der Waals surface area contributed by atoms with E-state index in [1.807, 2.05) is 0 Å². The van der Waals surface area contributed by atoms with Gasteiger partial charge < -0.3 is 9.47 Å². The zero-order valence-electron chi connectivity index (χ0n) is 9.62. The fourth-order valence-corrected chi connectivity index (χ4v) is 1.65. The van der Waals surface area contributed by atoms with E-state index in [4.69, 9.17) is 4.74 Å². The highest BCUT2D eigenvalue weighted by Crippen LogP contribution is 2.16. The maximum atomic E-state index is 11.4. The van der Waals surface area contributed by atoms with Crippen molar-refractivity contribution in [2.24, 2.45) is 0 Å². The Hall–Kier alpha value is -1.96. The van der Waals surface area contributed by atoms with Gasteiger partial charge in [-0.15, -0.1) is 15.0 Å². The quantitative estimate of drug-likeness (QED) is 0.793. The molecule has 0 atom stereocenters. The Bertz CT molecular complexity index is 584. The first-order chi connectivity index (χ1) is 8.65. The number of nitrogens with zero attached hydrogens (tertiary/aromatic N) is 4. The van der Waals surface area contributed by atoms with Crippen LogP contribution in [0.3, 0.4) is 0 Å². The predicted molar refractivity (Wildman–Crippen MR) is 64.7 cm³/mol. The summed E-state index contributed by atoms with van der Waals surface area (Å²) in [6.45, 7) is 0. The molecule has 0 bridgehead atoms. The summed E-state index contributed by atoms with van der Waals surface area (Å²) in [6.07, 6.45) is 1.56. The van der Waals surface area contributed by atoms with Crippen LogP contribution in [-0.2, 0) is 4.74 Å². The molecule has 0 aromatic carbocycles. The standard InChI is InChI=1S/C10H9BrN4O3/c1-17-7-5-6(3-4-12-7)15-13-8(9(11)14-15)10(16)18-2/h3-5H,1-2H3. The van der Waals surface area contributed by atoms with Crippen molar-refractivity contribution in [3.05, 3.63) is 28.6 Å². The lowest BCUT2D eigenvalue weighted by atomic mass is 10.4. The molecule has 0 N–H and O–H groups in total. The van der Waals surface area contributed by atoms with E-state index in [1.54, 1.807) is 18.3 Å². The van der Waals surface area contributed by atoms with Crippen LogP contribution in [0, 0.1) is 0 Å². The minimum Gasteiger partial charge on any atom is -0.481 e. The molecule has 0 unspecified atom stereocenters. The molecule has 2 heterocycles. The van der Waals surface area contributed by atoms with Crippen molar-refractivity contribution in [2.45, 2.75) is 0 Å². The van der Waals surface area contributed by atoms with Crippen LogP contribution in [0.2, 0.25) is 0 Å². The average Bonchev–Trinajstić information content (AvgIpc) is 2.80. The fraction of sp³-hybridized carbons (Fsp3) is 0.200. The van der Waals surface area contributed by atoms with Gasteiger partial charge in [0.15, 0.2) is 4.60 Å². The number of pyridine rings is 1. The van der Waals surface area contributed by atoms with E-state index in [1.165, 1.54) is 19.0 Å². The highest BCUT2D eigenvalue weighted by molar-refractivity contribution is 9.10. The van der Waals surface area contributed by atoms with Crippen molar-refractivity contribution in [1.82, 2.24) is 20.0 Å². The summed E-state index contributed by atoms with van der Waals surface area (Å²) in [5.41, 5.74) is 0.728. The first kappa shape index (κ1) is 12.5. The van der Waals surface area contributed by atoms with Crippen molar-refractivity contribution < 1.29 is 14.3 Å². The molecule has 2 rings (SSSR count). The number of rotatable bonds is 3. The summed E-state index contributed by atoms with van der Waals surface area (Å²) in [5.74, 6) is -0.130. The number of aromatic nitrogens is 4. The van der Waals surface area contributed by atoms with E-state index in [0.29, 0.717) is 16.2 Å². The molecule has 0 fully saturated rings. The van der Waals surface area contributed by atoms with Gasteiger partial charge in [-0.2, -0.15) is 0 Å². The first-order valence-corrected chi connectivity index (χ1v) is 5.66. The highest BCUT2D eigenvalue weighted by Gasteiger charge is 2.18. The number of carbonyl (C=O) groups excluding carboxylic acids is 1. The molecule has 0 saturated carbocycles. The molecular formula is C10H9BrN4O3. The van der Waals surface area contributed by atoms with Crippen molar-refractivity contribution in [1.29, 1.82) is 0 Å². The molecule has 94 valence electrons. The molecule has 0 spiro atoms. The lowest BCUT2D eigenvalue weighted by Gasteiger charge is -2.01. The van der Waals surface area contributed by atoms with Crippen molar-refractivity contribution in [2.75, 3.05) is 14.2 Å². The van der Waals surface area contributed by atoms with E-state index in [0.717, 1.165) is 0 Å². The van der Waals surface area contributed by atoms with Crippen LogP contribution < -0.4 is 4.74 Å². The third-order valence-electron chi connectivity index (χ3n) is 2.11. The molecule has 7 nitrogen and oxygen atoms in total. The van der Waals surface area contributed by atoms with Gasteiger partial charge in [0, 0.05) is 12.3 Å². The summed E-state index contributed by atoms with van der Waals surface area (Å²) < 4.78 is 9.90. The molecule has 0 aliphatic heterocycles. The van der Waals surface area contributed by atoms with Crippen LogP contribution in [0.5, 0.6) is 5.88 Å². The molecule has 0 amide bonds. The number of halogens is 1. The Kier molecular flexibility index (Phi) is 3.56. The Morgan fingerprint density at radius 3 is 2.83 bits per heavy atom. The largest absolute Gasteiger partial charge is 0.481 e. The number of esters is 1. The predicted octanol–water partition coefficient (Wildman–Crippen LogP) is 1.22. The van der Waals surface area contributed by atoms with Gasteiger partial charge in [-0.05, 0) is 22.0 Å². The summed E-state index contributed by atoms with van der Waals surface area (Å²) in [6, 6.07) is 3.34. The van der Waals surface area contributed by atoms with Gasteiger partial charge in [-0.3, -0.25) is 0 Å². The maximum Gasteiger partial charge on any atom is 0.361 e. The smallest absolute Gasteiger partial charge is 0.361 e. The summed E-state index contributed by atoms with van der Waals surface area (Å²) in [4.78, 5) is 16.7. The average molecular weight is 313 g/mol. The number of hydrogen-bond acceptors (Lipinski definition) is 6. The molecule has 0 aliphatic rings. The Morgan fingerprint density at radius 1 is 1.39 bits per heavy atom. The molecular weight excluding hydrogens is 304 g/mol. The van der Waals surface area contributed by atoms with Crippen LogP contribution in [0.25, 0.3) is 5.69 Å². The topological polar surface area (TPSA) is 79.1 Å². The third kappa shape index (κ3) is 2.33. The maximum absolute atomic E-state index is 11.4. The van der Waals surface area contributed by atoms with Crippen molar-refractivity contribution in [3.8, 4) is 11.6 Å². The Morgan fingerprint density at radius 2 is 2.17 bits per heavy atom. The second kappa shape index (κ2) is 5.13. The second-order valence-electron chi connectivity index (χ2n) is 3.18. The molecule has 0 radical (unpaired) electrons. The first-order valence-electron chi connectivity index (χ1n) is 4.87. The number of ether oxygens (including phenoxy) is 2. The van der Waals surface area contributed by atoms with Crippen LogP contribution in [0.4, 0.5) is 0 Å². The lowest BCUT2D eigenvalue weighted by molar-refractivity contribution is 0.0592. The summed E-state index contributed by atoms with van der Waals surface area (Å²) >= 11 is 3.15. The monoisotopic (exact) mass is 312 g/mol. The van der Waals surface area contributed by atoms with Crippen LogP contribution in [0.15, 0.2) is 22.9 Å². The minimum absolute atomic E-state index is 0.105. The lowest BCUT2D eigenvalue weighted by Crippen LogP contribution is -2.05. The van der Waals surface area contributed by atoms with Crippen molar-refractivity contribution in [3.63, 3.8) is 0 Å². The van der Waals surface area contributed by atoms with Gasteiger partial charge in [-0.1, -0.05) is 0 Å². The van der Waals surface area contributed by atoms with E-state index >= 15 is 0 Å². The van der Waals surface area contributed by atoms with Crippen LogP contribution in [-0.4, -0.2) is 40.2 Å². The highest BCUT2D eigenvalue weighted by atomic mass is 79.9. The van der Waals surface area contributed by atoms with E-state index in [-0.39, 0.29) is 5.69 Å². The zero-order chi connectivity index (χ0) is 13.1. The fourth-order valence-electron chi connectivity index (χ4n) is 1.26. The third-order valence-corrected chi connectivity index (χ3v) is 2.64. The van der Waals surface area contributed by atoms with Crippen molar-refractivity contribution >= 4 is 21.9 Å². The van der Waals surface area contributed by atoms with Crippen LogP contribution >= 0.6 is 15.9 Å². The molecule has 2 aromatic heterocycles. The van der Waals surface area contributed by atoms with E-state index in [2.05, 4.69) is 35.8 Å². The summed E-state index contributed by atoms with van der Waals surface area (Å²) in [5, 5.41) is 8.09. The molecule has 8 heteroatoms. The van der Waals surface area contributed by atoms with E-state index in [9.17, 15) is 4.79 Å². The molecule has 0 saturated heterocycles. The van der Waals surface area contributed by atoms with Gasteiger partial charge in [-0.25, -0.2) is 9.78 Å². The molecule has 0 aliphatic carbocycles. The van der Waals surface area contributed by atoms with Gasteiger partial charge >= 0.3 is 5.97 Å². The summed E-state index contributed by atoms with van der Waals surface area (Å²) in [7, 11) is 2.79. The zero-order valence-corrected chi connectivity index (χ0v) is 11.2. The normalized spacial score (nSPS) is 10.2.